The number of anilines is 1. The lowest BCUT2D eigenvalue weighted by molar-refractivity contribution is 0.473. The monoisotopic (exact) mass is 271 g/mol. The third kappa shape index (κ3) is 3.99. The predicted octanol–water partition coefficient (Wildman–Crippen LogP) is 1.80. The van der Waals surface area contributed by atoms with Gasteiger partial charge < -0.3 is 15.1 Å². The molecule has 1 aromatic rings. The summed E-state index contributed by atoms with van der Waals surface area (Å²) in [7, 11) is 0. The highest BCUT2D eigenvalue weighted by Gasteiger charge is 2.12. The van der Waals surface area contributed by atoms with Crippen molar-refractivity contribution in [2.45, 2.75) is 19.8 Å². The maximum Gasteiger partial charge on any atom is 0.218 e. The summed E-state index contributed by atoms with van der Waals surface area (Å²) >= 11 is 4.71. The van der Waals surface area contributed by atoms with E-state index in [2.05, 4.69) is 5.09 Å². The third-order valence-corrected chi connectivity index (χ3v) is 2.98. The number of phenolic OH excluding ortho intramolecular Hbond substituents is 1. The molecule has 0 aliphatic heterocycles. The van der Waals surface area contributed by atoms with Crippen LogP contribution in [0.4, 0.5) is 5.69 Å². The topological polar surface area (TPSA) is 102 Å². The molecule has 5 nitrogen and oxygen atoms in total. The molecule has 1 unspecified atom stereocenters. The number of nitrogens with two attached hydrogens (primary N) is 1. The smallest absolute Gasteiger partial charge is 0.218 e. The fourth-order valence-corrected chi connectivity index (χ4v) is 2.32. The summed E-state index contributed by atoms with van der Waals surface area (Å²) in [4.78, 5) is 9.44. The van der Waals surface area contributed by atoms with Crippen molar-refractivity contribution in [3.05, 3.63) is 23.3 Å². The van der Waals surface area contributed by atoms with E-state index in [1.54, 1.807) is 0 Å². The number of rotatable bonds is 4. The lowest BCUT2D eigenvalue weighted by atomic mass is 10.0. The average Bonchev–Trinajstić information content (AvgIpc) is 2.20. The van der Waals surface area contributed by atoms with Crippen LogP contribution < -0.4 is 10.6 Å². The first-order chi connectivity index (χ1) is 7.87. The molecule has 0 aromatic heterocycles. The maximum absolute atomic E-state index is 9.58. The molecule has 1 atom stereocenters. The Morgan fingerprint density at radius 1 is 1.59 bits per heavy atom. The second-order valence-electron chi connectivity index (χ2n) is 3.62. The van der Waals surface area contributed by atoms with Crippen molar-refractivity contribution in [2.75, 3.05) is 5.09 Å². The standard InChI is InChI=1S/C10H14N3O2PS/c1-2-3-7-5-10(14)8(6-11)4-9(7)13-16(12,15)17/h4-5,14H,2-3H2,1H3,(H4,12,13,15,17). The highest BCUT2D eigenvalue weighted by Crippen LogP contribution is 2.36. The zero-order valence-electron chi connectivity index (χ0n) is 9.34. The van der Waals surface area contributed by atoms with Crippen molar-refractivity contribution in [3.8, 4) is 11.8 Å². The molecule has 0 radical (unpaired) electrons. The van der Waals surface area contributed by atoms with E-state index >= 15 is 0 Å². The van der Waals surface area contributed by atoms with Crippen molar-refractivity contribution in [1.29, 1.82) is 5.26 Å². The van der Waals surface area contributed by atoms with Crippen LogP contribution in [0.25, 0.3) is 0 Å². The molecule has 0 aliphatic rings. The van der Waals surface area contributed by atoms with Crippen LogP contribution in [0.2, 0.25) is 0 Å². The largest absolute Gasteiger partial charge is 0.507 e. The first-order valence-electron chi connectivity index (χ1n) is 5.03. The number of nitrogens with one attached hydrogen (secondary N) is 1. The van der Waals surface area contributed by atoms with Gasteiger partial charge in [-0.3, -0.25) is 5.50 Å². The minimum absolute atomic E-state index is 0.0789. The molecule has 7 heteroatoms. The van der Waals surface area contributed by atoms with Crippen molar-refractivity contribution in [3.63, 3.8) is 0 Å². The number of aromatic hydroxyl groups is 1. The maximum atomic E-state index is 9.58. The van der Waals surface area contributed by atoms with Crippen LogP contribution in [-0.2, 0) is 18.2 Å². The summed E-state index contributed by atoms with van der Waals surface area (Å²) in [6.07, 6.45) is 1.55. The zero-order chi connectivity index (χ0) is 13.1. The molecule has 0 heterocycles. The van der Waals surface area contributed by atoms with E-state index in [1.807, 2.05) is 13.0 Å². The van der Waals surface area contributed by atoms with Gasteiger partial charge in [0.2, 0.25) is 6.57 Å². The van der Waals surface area contributed by atoms with Crippen LogP contribution in [0.15, 0.2) is 12.1 Å². The Morgan fingerprint density at radius 3 is 2.71 bits per heavy atom. The van der Waals surface area contributed by atoms with E-state index in [4.69, 9.17) is 22.6 Å². The molecule has 5 N–H and O–H groups in total. The summed E-state index contributed by atoms with van der Waals surface area (Å²) in [6, 6.07) is 4.80. The van der Waals surface area contributed by atoms with E-state index in [0.29, 0.717) is 12.1 Å². The normalized spacial score (nSPS) is 13.8. The number of hydrogen-bond acceptors (Lipinski definition) is 3. The SMILES string of the molecule is CCCc1cc(O)c(C#N)cc1NP(N)(O)=S. The number of nitrogens with zero attached hydrogens (tertiary/aromatic N) is 1. The predicted molar refractivity (Wildman–Crippen MR) is 71.1 cm³/mol. The summed E-state index contributed by atoms with van der Waals surface area (Å²) < 4.78 is 0. The lowest BCUT2D eigenvalue weighted by Crippen LogP contribution is -2.06. The number of nitriles is 1. The van der Waals surface area contributed by atoms with E-state index < -0.39 is 6.57 Å². The van der Waals surface area contributed by atoms with Crippen molar-refractivity contribution < 1.29 is 10.00 Å². The molecule has 0 fully saturated rings. The minimum atomic E-state index is -3.09. The van der Waals surface area contributed by atoms with Crippen molar-refractivity contribution in [1.82, 2.24) is 0 Å². The van der Waals surface area contributed by atoms with Crippen LogP contribution in [0.3, 0.4) is 0 Å². The summed E-state index contributed by atoms with van der Waals surface area (Å²) in [6.45, 7) is -1.11. The zero-order valence-corrected chi connectivity index (χ0v) is 11.1. The first kappa shape index (κ1) is 13.9. The number of aryl methyl sites for hydroxylation is 1. The molecule has 0 spiro atoms. The second kappa shape index (κ2) is 5.48. The van der Waals surface area contributed by atoms with E-state index in [-0.39, 0.29) is 11.3 Å². The van der Waals surface area contributed by atoms with Crippen molar-refractivity contribution >= 4 is 24.1 Å². The summed E-state index contributed by atoms with van der Waals surface area (Å²) in [5, 5.41) is 21.0. The summed E-state index contributed by atoms with van der Waals surface area (Å²) in [5.41, 5.74) is 6.79. The Bertz CT molecular complexity index is 507. The van der Waals surface area contributed by atoms with E-state index in [1.165, 1.54) is 12.1 Å². The van der Waals surface area contributed by atoms with Gasteiger partial charge in [0.25, 0.3) is 0 Å². The lowest BCUT2D eigenvalue weighted by Gasteiger charge is -2.16. The van der Waals surface area contributed by atoms with Gasteiger partial charge in [-0.15, -0.1) is 0 Å². The Balaban J connectivity index is 3.24. The van der Waals surface area contributed by atoms with Gasteiger partial charge in [0.1, 0.15) is 11.8 Å². The highest BCUT2D eigenvalue weighted by molar-refractivity contribution is 8.11. The molecule has 0 amide bonds. The third-order valence-electron chi connectivity index (χ3n) is 2.14. The molecule has 1 aromatic carbocycles. The van der Waals surface area contributed by atoms with Crippen LogP contribution in [0, 0.1) is 11.3 Å². The molecule has 0 saturated carbocycles. The van der Waals surface area contributed by atoms with Crippen LogP contribution in [0.5, 0.6) is 5.75 Å². The molecule has 17 heavy (non-hydrogen) atoms. The second-order valence-corrected chi connectivity index (χ2v) is 6.76. The first-order valence-corrected chi connectivity index (χ1v) is 7.85. The fraction of sp³-hybridized carbons (Fsp3) is 0.300. The van der Waals surface area contributed by atoms with Crippen LogP contribution in [-0.4, -0.2) is 10.00 Å². The minimum Gasteiger partial charge on any atom is -0.507 e. The Kier molecular flexibility index (Phi) is 4.49. The van der Waals surface area contributed by atoms with Gasteiger partial charge in [-0.1, -0.05) is 13.3 Å². The number of benzene rings is 1. The highest BCUT2D eigenvalue weighted by atomic mass is 32.4. The number of phenols is 1. The molecule has 0 saturated heterocycles. The van der Waals surface area contributed by atoms with Gasteiger partial charge in [-0.2, -0.15) is 5.26 Å². The van der Waals surface area contributed by atoms with E-state index in [0.717, 1.165) is 12.0 Å². The van der Waals surface area contributed by atoms with Gasteiger partial charge in [0.15, 0.2) is 0 Å². The Labute approximate surface area is 105 Å². The van der Waals surface area contributed by atoms with Crippen LogP contribution in [0.1, 0.15) is 24.5 Å². The molecule has 0 bridgehead atoms. The Hall–Kier alpha value is -1.12. The Morgan fingerprint density at radius 2 is 2.24 bits per heavy atom. The molecule has 92 valence electrons. The van der Waals surface area contributed by atoms with E-state index in [9.17, 15) is 10.00 Å². The van der Waals surface area contributed by atoms with Gasteiger partial charge >= 0.3 is 0 Å². The van der Waals surface area contributed by atoms with Gasteiger partial charge in [0, 0.05) is 5.69 Å². The molecule has 0 aliphatic carbocycles. The van der Waals surface area contributed by atoms with Gasteiger partial charge in [-0.25, -0.2) is 0 Å². The van der Waals surface area contributed by atoms with Gasteiger partial charge in [-0.05, 0) is 35.9 Å². The van der Waals surface area contributed by atoms with Crippen LogP contribution >= 0.6 is 6.57 Å². The quantitative estimate of drug-likeness (QED) is 0.492. The average molecular weight is 271 g/mol. The van der Waals surface area contributed by atoms with Gasteiger partial charge in [0.05, 0.1) is 5.56 Å². The number of hydrogen-bond donors (Lipinski definition) is 4. The fourth-order valence-electron chi connectivity index (χ4n) is 1.47. The summed E-state index contributed by atoms with van der Waals surface area (Å²) in [5.74, 6) is -0.0789. The van der Waals surface area contributed by atoms with Crippen molar-refractivity contribution in [2.24, 2.45) is 5.50 Å². The molecular weight excluding hydrogens is 257 g/mol. The molecular formula is C10H14N3O2PS. The molecule has 1 rings (SSSR count).